The van der Waals surface area contributed by atoms with Crippen LogP contribution in [0.4, 0.5) is 0 Å². The van der Waals surface area contributed by atoms with Crippen molar-refractivity contribution in [2.24, 2.45) is 17.1 Å². The zero-order valence-electron chi connectivity index (χ0n) is 12.6. The molecule has 4 N–H and O–H groups in total. The Balaban J connectivity index is 0. The van der Waals surface area contributed by atoms with Gasteiger partial charge in [-0.25, -0.2) is 0 Å². The third kappa shape index (κ3) is 6.78. The summed E-state index contributed by atoms with van der Waals surface area (Å²) in [6.07, 6.45) is 0.855. The van der Waals surface area contributed by atoms with Gasteiger partial charge in [-0.05, 0) is 26.7 Å². The summed E-state index contributed by atoms with van der Waals surface area (Å²) in [5.74, 6) is -0.123. The highest BCUT2D eigenvalue weighted by atomic mass is 35.5. The van der Waals surface area contributed by atoms with Gasteiger partial charge in [0.05, 0.1) is 11.5 Å². The van der Waals surface area contributed by atoms with Crippen molar-refractivity contribution in [2.45, 2.75) is 47.1 Å². The summed E-state index contributed by atoms with van der Waals surface area (Å²) in [7, 11) is 0. The van der Waals surface area contributed by atoms with E-state index in [9.17, 15) is 9.59 Å². The number of halogens is 1. The molecule has 0 saturated heterocycles. The lowest BCUT2D eigenvalue weighted by Gasteiger charge is -2.25. The van der Waals surface area contributed by atoms with Gasteiger partial charge in [-0.1, -0.05) is 20.3 Å². The maximum absolute atomic E-state index is 11.8. The Kier molecular flexibility index (Phi) is 9.88. The van der Waals surface area contributed by atoms with Crippen molar-refractivity contribution < 1.29 is 9.59 Å². The predicted molar refractivity (Wildman–Crippen MR) is 80.2 cm³/mol. The number of carbonyl (C=O) groups is 2. The average molecular weight is 294 g/mol. The van der Waals surface area contributed by atoms with Crippen LogP contribution in [0.2, 0.25) is 0 Å². The predicted octanol–water partition coefficient (Wildman–Crippen LogP) is 1.06. The van der Waals surface area contributed by atoms with E-state index in [0.29, 0.717) is 13.1 Å². The van der Waals surface area contributed by atoms with Crippen LogP contribution in [-0.4, -0.2) is 30.9 Å². The van der Waals surface area contributed by atoms with Crippen molar-refractivity contribution in [3.05, 3.63) is 0 Å². The molecule has 114 valence electrons. The first kappa shape index (κ1) is 20.5. The zero-order valence-corrected chi connectivity index (χ0v) is 13.4. The Hall–Kier alpha value is -0.810. The summed E-state index contributed by atoms with van der Waals surface area (Å²) < 4.78 is 0. The SMILES string of the molecule is CCNC(=O)C(C)(C)CNC(=O)C(N)C(C)CC.Cl. The van der Waals surface area contributed by atoms with Gasteiger partial charge in [-0.15, -0.1) is 12.4 Å². The minimum Gasteiger partial charge on any atom is -0.356 e. The fourth-order valence-corrected chi connectivity index (χ4v) is 1.42. The number of amides is 2. The summed E-state index contributed by atoms with van der Waals surface area (Å²) in [5.41, 5.74) is 5.20. The largest absolute Gasteiger partial charge is 0.356 e. The molecule has 0 aromatic rings. The van der Waals surface area contributed by atoms with Crippen LogP contribution in [0, 0.1) is 11.3 Å². The molecule has 0 aromatic carbocycles. The number of rotatable bonds is 7. The number of carbonyl (C=O) groups excluding carboxylic acids is 2. The monoisotopic (exact) mass is 293 g/mol. The third-order valence-corrected chi connectivity index (χ3v) is 3.22. The first-order valence-electron chi connectivity index (χ1n) is 6.57. The Morgan fingerprint density at radius 1 is 1.21 bits per heavy atom. The van der Waals surface area contributed by atoms with Gasteiger partial charge in [0.1, 0.15) is 0 Å². The molecule has 5 nitrogen and oxygen atoms in total. The molecule has 19 heavy (non-hydrogen) atoms. The molecular weight excluding hydrogens is 266 g/mol. The molecule has 0 aliphatic carbocycles. The van der Waals surface area contributed by atoms with Crippen LogP contribution in [0.5, 0.6) is 0 Å². The smallest absolute Gasteiger partial charge is 0.237 e. The molecule has 0 heterocycles. The molecule has 0 fully saturated rings. The lowest BCUT2D eigenvalue weighted by molar-refractivity contribution is -0.130. The second-order valence-corrected chi connectivity index (χ2v) is 5.37. The van der Waals surface area contributed by atoms with E-state index in [1.807, 2.05) is 20.8 Å². The van der Waals surface area contributed by atoms with E-state index in [4.69, 9.17) is 5.73 Å². The molecule has 0 rings (SSSR count). The van der Waals surface area contributed by atoms with Gasteiger partial charge < -0.3 is 16.4 Å². The first-order chi connectivity index (χ1) is 8.26. The lowest BCUT2D eigenvalue weighted by atomic mass is 9.91. The van der Waals surface area contributed by atoms with E-state index in [-0.39, 0.29) is 30.1 Å². The minimum absolute atomic E-state index is 0. The molecule has 2 atom stereocenters. The Bertz CT molecular complexity index is 296. The highest BCUT2D eigenvalue weighted by Gasteiger charge is 2.29. The Morgan fingerprint density at radius 2 is 1.74 bits per heavy atom. The maximum atomic E-state index is 11.8. The molecule has 0 bridgehead atoms. The maximum Gasteiger partial charge on any atom is 0.237 e. The van der Waals surface area contributed by atoms with E-state index in [1.165, 1.54) is 0 Å². The second-order valence-electron chi connectivity index (χ2n) is 5.37. The number of nitrogens with two attached hydrogens (primary N) is 1. The highest BCUT2D eigenvalue weighted by Crippen LogP contribution is 2.14. The molecule has 2 unspecified atom stereocenters. The van der Waals surface area contributed by atoms with Crippen LogP contribution in [0.3, 0.4) is 0 Å². The van der Waals surface area contributed by atoms with Crippen LogP contribution in [0.15, 0.2) is 0 Å². The normalized spacial score (nSPS) is 14.0. The van der Waals surface area contributed by atoms with Gasteiger partial charge in [-0.2, -0.15) is 0 Å². The van der Waals surface area contributed by atoms with Crippen LogP contribution in [-0.2, 0) is 9.59 Å². The molecule has 0 aromatic heterocycles. The van der Waals surface area contributed by atoms with Crippen molar-refractivity contribution in [3.63, 3.8) is 0 Å². The third-order valence-electron chi connectivity index (χ3n) is 3.22. The average Bonchev–Trinajstić information content (AvgIpc) is 2.34. The fourth-order valence-electron chi connectivity index (χ4n) is 1.42. The highest BCUT2D eigenvalue weighted by molar-refractivity contribution is 5.85. The topological polar surface area (TPSA) is 84.2 Å². The first-order valence-corrected chi connectivity index (χ1v) is 6.57. The summed E-state index contributed by atoms with van der Waals surface area (Å²) in [5, 5.41) is 5.50. The van der Waals surface area contributed by atoms with Crippen molar-refractivity contribution in [3.8, 4) is 0 Å². The van der Waals surface area contributed by atoms with Crippen LogP contribution in [0.25, 0.3) is 0 Å². The summed E-state index contributed by atoms with van der Waals surface area (Å²) >= 11 is 0. The summed E-state index contributed by atoms with van der Waals surface area (Å²) in [4.78, 5) is 23.5. The van der Waals surface area contributed by atoms with Gasteiger partial charge in [0, 0.05) is 13.1 Å². The molecule has 0 saturated carbocycles. The van der Waals surface area contributed by atoms with Crippen molar-refractivity contribution in [1.82, 2.24) is 10.6 Å². The number of hydrogen-bond acceptors (Lipinski definition) is 3. The van der Waals surface area contributed by atoms with E-state index in [2.05, 4.69) is 10.6 Å². The van der Waals surface area contributed by atoms with Gasteiger partial charge >= 0.3 is 0 Å². The van der Waals surface area contributed by atoms with E-state index in [0.717, 1.165) is 6.42 Å². The lowest BCUT2D eigenvalue weighted by Crippen LogP contribution is -2.50. The van der Waals surface area contributed by atoms with Gasteiger partial charge in [0.25, 0.3) is 0 Å². The van der Waals surface area contributed by atoms with Gasteiger partial charge in [0.15, 0.2) is 0 Å². The Morgan fingerprint density at radius 3 is 2.16 bits per heavy atom. The van der Waals surface area contributed by atoms with Crippen LogP contribution < -0.4 is 16.4 Å². The van der Waals surface area contributed by atoms with Gasteiger partial charge in [0.2, 0.25) is 11.8 Å². The van der Waals surface area contributed by atoms with Crippen LogP contribution >= 0.6 is 12.4 Å². The van der Waals surface area contributed by atoms with E-state index in [1.54, 1.807) is 13.8 Å². The quantitative estimate of drug-likeness (QED) is 0.656. The molecular formula is C13H28ClN3O2. The molecule has 0 radical (unpaired) electrons. The zero-order chi connectivity index (χ0) is 14.3. The molecule has 0 spiro atoms. The van der Waals surface area contributed by atoms with E-state index >= 15 is 0 Å². The van der Waals surface area contributed by atoms with Crippen molar-refractivity contribution >= 4 is 24.2 Å². The molecule has 2 amide bonds. The second kappa shape index (κ2) is 9.15. The standard InChI is InChI=1S/C13H27N3O2.ClH/c1-6-9(3)10(14)11(17)16-8-13(4,5)12(18)15-7-2;/h9-10H,6-8,14H2,1-5H3,(H,15,18)(H,16,17);1H. The molecule has 0 aliphatic rings. The van der Waals surface area contributed by atoms with Gasteiger partial charge in [-0.3, -0.25) is 9.59 Å². The van der Waals surface area contributed by atoms with Crippen molar-refractivity contribution in [1.29, 1.82) is 0 Å². The van der Waals surface area contributed by atoms with E-state index < -0.39 is 11.5 Å². The number of nitrogens with one attached hydrogen (secondary N) is 2. The molecule has 0 aliphatic heterocycles. The van der Waals surface area contributed by atoms with Crippen LogP contribution in [0.1, 0.15) is 41.0 Å². The van der Waals surface area contributed by atoms with Crippen molar-refractivity contribution in [2.75, 3.05) is 13.1 Å². The minimum atomic E-state index is -0.624. The number of hydrogen-bond donors (Lipinski definition) is 3. The Labute approximate surface area is 122 Å². The fraction of sp³-hybridized carbons (Fsp3) is 0.846. The summed E-state index contributed by atoms with van der Waals surface area (Å²) in [6, 6.07) is -0.514. The summed E-state index contributed by atoms with van der Waals surface area (Å²) in [6.45, 7) is 10.3. The molecule has 6 heteroatoms.